The largest absolute Gasteiger partial charge is 0.451 e. The quantitative estimate of drug-likeness (QED) is 0.348. The van der Waals surface area contributed by atoms with Crippen LogP contribution < -0.4 is 10.6 Å². The SMILES string of the molecule is O=C(NC1CCC(NCc2nnc(-c3ccc(Cl)c(F)c3)o2)CC1)c1cc2cc(Cl)ccc2o1. The molecule has 2 heterocycles. The number of carbonyl (C=O) groups excluding carboxylic acids is 1. The molecule has 0 bridgehead atoms. The maximum atomic E-state index is 13.7. The lowest BCUT2D eigenvalue weighted by molar-refractivity contribution is 0.0898. The Labute approximate surface area is 204 Å². The van der Waals surface area contributed by atoms with Gasteiger partial charge in [-0.2, -0.15) is 0 Å². The third-order valence-electron chi connectivity index (χ3n) is 5.94. The van der Waals surface area contributed by atoms with E-state index >= 15 is 0 Å². The number of furan rings is 1. The van der Waals surface area contributed by atoms with E-state index in [1.807, 2.05) is 0 Å². The van der Waals surface area contributed by atoms with Crippen LogP contribution >= 0.6 is 23.2 Å². The highest BCUT2D eigenvalue weighted by Gasteiger charge is 2.24. The van der Waals surface area contributed by atoms with E-state index < -0.39 is 5.82 Å². The number of benzene rings is 2. The lowest BCUT2D eigenvalue weighted by atomic mass is 9.91. The van der Waals surface area contributed by atoms with Crippen molar-refractivity contribution in [3.8, 4) is 11.5 Å². The fourth-order valence-corrected chi connectivity index (χ4v) is 4.43. The van der Waals surface area contributed by atoms with Crippen molar-refractivity contribution in [3.05, 3.63) is 70.0 Å². The molecule has 176 valence electrons. The van der Waals surface area contributed by atoms with Gasteiger partial charge >= 0.3 is 0 Å². The second kappa shape index (κ2) is 9.74. The molecular formula is C24H21Cl2FN4O3. The fraction of sp³-hybridized carbons (Fsp3) is 0.292. The van der Waals surface area contributed by atoms with Crippen LogP contribution in [0.5, 0.6) is 0 Å². The van der Waals surface area contributed by atoms with Crippen LogP contribution in [-0.2, 0) is 6.54 Å². The van der Waals surface area contributed by atoms with Gasteiger partial charge < -0.3 is 19.5 Å². The summed E-state index contributed by atoms with van der Waals surface area (Å²) in [6.45, 7) is 0.409. The second-order valence-electron chi connectivity index (χ2n) is 8.33. The number of aromatic nitrogens is 2. The van der Waals surface area contributed by atoms with Crippen LogP contribution in [0.15, 0.2) is 51.3 Å². The number of nitrogens with zero attached hydrogens (tertiary/aromatic N) is 2. The van der Waals surface area contributed by atoms with E-state index in [0.717, 1.165) is 31.1 Å². The zero-order chi connectivity index (χ0) is 23.7. The molecular weight excluding hydrogens is 482 g/mol. The lowest BCUT2D eigenvalue weighted by Crippen LogP contribution is -2.42. The number of hydrogen-bond donors (Lipinski definition) is 2. The summed E-state index contributed by atoms with van der Waals surface area (Å²) in [5, 5.41) is 15.9. The van der Waals surface area contributed by atoms with Crippen LogP contribution in [0, 0.1) is 5.82 Å². The van der Waals surface area contributed by atoms with Gasteiger partial charge in [-0.3, -0.25) is 4.79 Å². The number of rotatable bonds is 6. The second-order valence-corrected chi connectivity index (χ2v) is 9.17. The Morgan fingerprint density at radius 3 is 2.59 bits per heavy atom. The molecule has 34 heavy (non-hydrogen) atoms. The first kappa shape index (κ1) is 22.8. The smallest absolute Gasteiger partial charge is 0.287 e. The number of fused-ring (bicyclic) bond motifs is 1. The van der Waals surface area contributed by atoms with Crippen molar-refractivity contribution in [3.63, 3.8) is 0 Å². The fourth-order valence-electron chi connectivity index (χ4n) is 4.13. The normalized spacial score (nSPS) is 18.3. The van der Waals surface area contributed by atoms with E-state index in [2.05, 4.69) is 20.8 Å². The van der Waals surface area contributed by atoms with E-state index in [4.69, 9.17) is 32.0 Å². The third kappa shape index (κ3) is 5.09. The van der Waals surface area contributed by atoms with Crippen LogP contribution in [0.25, 0.3) is 22.4 Å². The van der Waals surface area contributed by atoms with Crippen LogP contribution in [-0.4, -0.2) is 28.2 Å². The maximum Gasteiger partial charge on any atom is 0.287 e. The van der Waals surface area contributed by atoms with E-state index in [-0.39, 0.29) is 34.7 Å². The molecule has 5 rings (SSSR count). The highest BCUT2D eigenvalue weighted by atomic mass is 35.5. The average molecular weight is 503 g/mol. The molecule has 0 aliphatic heterocycles. The van der Waals surface area contributed by atoms with Crippen LogP contribution in [0.2, 0.25) is 10.0 Å². The predicted octanol–water partition coefficient (Wildman–Crippen LogP) is 5.76. The molecule has 10 heteroatoms. The Morgan fingerprint density at radius 2 is 1.79 bits per heavy atom. The van der Waals surface area contributed by atoms with Gasteiger partial charge in [0.15, 0.2) is 5.76 Å². The highest BCUT2D eigenvalue weighted by Crippen LogP contribution is 2.25. The molecule has 0 saturated heterocycles. The van der Waals surface area contributed by atoms with Gasteiger partial charge in [0.25, 0.3) is 5.91 Å². The molecule has 2 aromatic heterocycles. The topological polar surface area (TPSA) is 93.2 Å². The zero-order valence-electron chi connectivity index (χ0n) is 18.0. The van der Waals surface area contributed by atoms with E-state index in [9.17, 15) is 9.18 Å². The molecule has 4 aromatic rings. The molecule has 2 N–H and O–H groups in total. The summed E-state index contributed by atoms with van der Waals surface area (Å²) < 4.78 is 25.0. The summed E-state index contributed by atoms with van der Waals surface area (Å²) >= 11 is 11.7. The first-order valence-corrected chi connectivity index (χ1v) is 11.7. The number of amides is 1. The standard InChI is InChI=1S/C24H21Cl2FN4O3/c25-15-2-8-20-14(9-15)11-21(33-20)23(32)29-17-5-3-16(4-6-17)28-12-22-30-31-24(34-22)13-1-7-18(26)19(27)10-13/h1-2,7-11,16-17,28H,3-6,12H2,(H,29,32). The monoisotopic (exact) mass is 502 g/mol. The van der Waals surface area contributed by atoms with Crippen molar-refractivity contribution >= 4 is 40.1 Å². The van der Waals surface area contributed by atoms with Crippen molar-refractivity contribution in [1.82, 2.24) is 20.8 Å². The average Bonchev–Trinajstić information content (AvgIpc) is 3.47. The van der Waals surface area contributed by atoms with Crippen molar-refractivity contribution in [2.75, 3.05) is 0 Å². The highest BCUT2D eigenvalue weighted by molar-refractivity contribution is 6.31. The van der Waals surface area contributed by atoms with Gasteiger partial charge in [0.05, 0.1) is 11.6 Å². The minimum absolute atomic E-state index is 0.0412. The number of halogens is 3. The van der Waals surface area contributed by atoms with Gasteiger partial charge in [0.1, 0.15) is 11.4 Å². The molecule has 0 atom stereocenters. The molecule has 1 amide bonds. The summed E-state index contributed by atoms with van der Waals surface area (Å²) in [4.78, 5) is 12.6. The summed E-state index contributed by atoms with van der Waals surface area (Å²) in [5.74, 6) is 0.189. The van der Waals surface area contributed by atoms with Crippen LogP contribution in [0.3, 0.4) is 0 Å². The minimum Gasteiger partial charge on any atom is -0.451 e. The predicted molar refractivity (Wildman–Crippen MR) is 126 cm³/mol. The summed E-state index contributed by atoms with van der Waals surface area (Å²) in [6.07, 6.45) is 3.47. The summed E-state index contributed by atoms with van der Waals surface area (Å²) in [5.41, 5.74) is 1.11. The Morgan fingerprint density at radius 1 is 1.00 bits per heavy atom. The molecule has 7 nitrogen and oxygen atoms in total. The Balaban J connectivity index is 1.10. The van der Waals surface area contributed by atoms with Crippen molar-refractivity contribution in [2.24, 2.45) is 0 Å². The van der Waals surface area contributed by atoms with Crippen molar-refractivity contribution in [1.29, 1.82) is 0 Å². The molecule has 0 spiro atoms. The molecule has 1 saturated carbocycles. The molecule has 0 unspecified atom stereocenters. The van der Waals surface area contributed by atoms with E-state index in [1.54, 1.807) is 30.3 Å². The summed E-state index contributed by atoms with van der Waals surface area (Å²) in [7, 11) is 0. The Kier molecular flexibility index (Phi) is 6.54. The van der Waals surface area contributed by atoms with Gasteiger partial charge in [0.2, 0.25) is 11.8 Å². The van der Waals surface area contributed by atoms with Crippen molar-refractivity contribution in [2.45, 2.75) is 44.3 Å². The van der Waals surface area contributed by atoms with E-state index in [1.165, 1.54) is 12.1 Å². The van der Waals surface area contributed by atoms with Crippen molar-refractivity contribution < 1.29 is 18.0 Å². The maximum absolute atomic E-state index is 13.7. The molecule has 1 aliphatic carbocycles. The van der Waals surface area contributed by atoms with Gasteiger partial charge in [-0.05, 0) is 68.1 Å². The molecule has 2 aromatic carbocycles. The number of nitrogens with one attached hydrogen (secondary N) is 2. The molecule has 1 fully saturated rings. The number of hydrogen-bond acceptors (Lipinski definition) is 6. The van der Waals surface area contributed by atoms with Gasteiger partial charge in [0, 0.05) is 28.1 Å². The third-order valence-corrected chi connectivity index (χ3v) is 6.48. The van der Waals surface area contributed by atoms with Gasteiger partial charge in [-0.25, -0.2) is 4.39 Å². The first-order chi connectivity index (χ1) is 16.4. The lowest BCUT2D eigenvalue weighted by Gasteiger charge is -2.29. The number of carbonyl (C=O) groups is 1. The van der Waals surface area contributed by atoms with Crippen LogP contribution in [0.1, 0.15) is 42.1 Å². The van der Waals surface area contributed by atoms with Crippen LogP contribution in [0.4, 0.5) is 4.39 Å². The molecule has 1 aliphatic rings. The van der Waals surface area contributed by atoms with E-state index in [0.29, 0.717) is 28.6 Å². The Hall–Kier alpha value is -2.94. The first-order valence-electron chi connectivity index (χ1n) is 11.0. The zero-order valence-corrected chi connectivity index (χ0v) is 19.5. The summed E-state index contributed by atoms with van der Waals surface area (Å²) in [6, 6.07) is 11.7. The molecule has 0 radical (unpaired) electrons. The minimum atomic E-state index is -0.536. The van der Waals surface area contributed by atoms with Gasteiger partial charge in [-0.15, -0.1) is 10.2 Å². The van der Waals surface area contributed by atoms with Gasteiger partial charge in [-0.1, -0.05) is 23.2 Å². The Bertz CT molecular complexity index is 1330.